The molecule has 18 heavy (non-hydrogen) atoms. The number of methoxy groups -OCH3 is 1. The highest BCUT2D eigenvalue weighted by molar-refractivity contribution is 6.31. The zero-order chi connectivity index (χ0) is 13.5. The molecule has 100 valence electrons. The normalized spacial score (nSPS) is 10.9. The van der Waals surface area contributed by atoms with Crippen LogP contribution in [0.25, 0.3) is 0 Å². The first-order chi connectivity index (χ1) is 8.58. The molecule has 3 N–H and O–H groups in total. The van der Waals surface area contributed by atoms with Crippen molar-refractivity contribution >= 4 is 17.4 Å². The van der Waals surface area contributed by atoms with Crippen LogP contribution >= 0.6 is 11.6 Å². The number of halogens is 1. The van der Waals surface area contributed by atoms with E-state index in [-0.39, 0.29) is 5.84 Å². The van der Waals surface area contributed by atoms with E-state index in [4.69, 9.17) is 27.5 Å². The third-order valence-electron chi connectivity index (χ3n) is 2.82. The fraction of sp³-hybridized carbons (Fsp3) is 0.462. The smallest absolute Gasteiger partial charge is 0.122 e. The maximum Gasteiger partial charge on any atom is 0.122 e. The Balaban J connectivity index is 2.74. The van der Waals surface area contributed by atoms with Gasteiger partial charge in [0.25, 0.3) is 0 Å². The second-order valence-electron chi connectivity index (χ2n) is 4.08. The molecule has 4 nitrogen and oxygen atoms in total. The Kier molecular flexibility index (Phi) is 6.12. The molecular formula is C13H20ClN3O. The maximum absolute atomic E-state index is 7.36. The summed E-state index contributed by atoms with van der Waals surface area (Å²) in [6.07, 6.45) is 0. The maximum atomic E-state index is 7.36. The molecule has 0 aliphatic carbocycles. The van der Waals surface area contributed by atoms with Crippen molar-refractivity contribution in [1.29, 1.82) is 5.41 Å². The van der Waals surface area contributed by atoms with Crippen LogP contribution in [0.5, 0.6) is 0 Å². The number of hydrogen-bond donors (Lipinski definition) is 2. The molecule has 5 heteroatoms. The first-order valence-electron chi connectivity index (χ1n) is 5.92. The molecule has 0 saturated carbocycles. The van der Waals surface area contributed by atoms with E-state index < -0.39 is 0 Å². The average molecular weight is 270 g/mol. The minimum atomic E-state index is 0.0372. The zero-order valence-corrected chi connectivity index (χ0v) is 11.6. The number of rotatable bonds is 7. The van der Waals surface area contributed by atoms with Crippen LogP contribution in [0.1, 0.15) is 18.1 Å². The predicted octanol–water partition coefficient (Wildman–Crippen LogP) is 2.09. The third kappa shape index (κ3) is 4.29. The van der Waals surface area contributed by atoms with Crippen molar-refractivity contribution in [2.75, 3.05) is 26.8 Å². The Morgan fingerprint density at radius 3 is 2.72 bits per heavy atom. The van der Waals surface area contributed by atoms with E-state index in [2.05, 4.69) is 11.8 Å². The second-order valence-corrected chi connectivity index (χ2v) is 4.49. The summed E-state index contributed by atoms with van der Waals surface area (Å²) >= 11 is 6.20. The number of likely N-dealkylation sites (N-methyl/N-ethyl adjacent to an activating group) is 1. The summed E-state index contributed by atoms with van der Waals surface area (Å²) < 4.78 is 5.07. The number of nitrogens with two attached hydrogens (primary N) is 1. The number of hydrogen-bond acceptors (Lipinski definition) is 3. The summed E-state index contributed by atoms with van der Waals surface area (Å²) in [7, 11) is 1.70. The van der Waals surface area contributed by atoms with Gasteiger partial charge in [-0.3, -0.25) is 10.3 Å². The number of nitrogens with one attached hydrogen (secondary N) is 1. The minimum absolute atomic E-state index is 0.0372. The van der Waals surface area contributed by atoms with Crippen LogP contribution in [-0.4, -0.2) is 37.5 Å². The Bertz CT molecular complexity index is 409. The molecule has 0 unspecified atom stereocenters. The Hall–Kier alpha value is -1.10. The van der Waals surface area contributed by atoms with Gasteiger partial charge in [0.15, 0.2) is 0 Å². The highest BCUT2D eigenvalue weighted by Gasteiger charge is 2.08. The fourth-order valence-electron chi connectivity index (χ4n) is 1.65. The molecule has 0 radical (unpaired) electrons. The first kappa shape index (κ1) is 15.0. The average Bonchev–Trinajstić information content (AvgIpc) is 2.35. The molecule has 1 rings (SSSR count). The van der Waals surface area contributed by atoms with E-state index in [0.717, 1.165) is 25.2 Å². The number of benzene rings is 1. The third-order valence-corrected chi connectivity index (χ3v) is 3.17. The molecule has 0 spiro atoms. The van der Waals surface area contributed by atoms with E-state index in [1.54, 1.807) is 13.2 Å². The zero-order valence-electron chi connectivity index (χ0n) is 10.9. The van der Waals surface area contributed by atoms with Gasteiger partial charge >= 0.3 is 0 Å². The van der Waals surface area contributed by atoms with E-state index in [1.165, 1.54) is 0 Å². The summed E-state index contributed by atoms with van der Waals surface area (Å²) in [6.45, 7) is 5.40. The van der Waals surface area contributed by atoms with E-state index in [0.29, 0.717) is 17.2 Å². The van der Waals surface area contributed by atoms with Gasteiger partial charge in [0.2, 0.25) is 0 Å². The van der Waals surface area contributed by atoms with Crippen molar-refractivity contribution in [2.45, 2.75) is 13.5 Å². The van der Waals surface area contributed by atoms with Crippen molar-refractivity contribution < 1.29 is 4.74 Å². The predicted molar refractivity (Wildman–Crippen MR) is 75.3 cm³/mol. The van der Waals surface area contributed by atoms with Gasteiger partial charge in [0, 0.05) is 30.8 Å². The number of ether oxygens (including phenoxy) is 1. The van der Waals surface area contributed by atoms with Gasteiger partial charge in [-0.1, -0.05) is 30.7 Å². The molecule has 0 saturated heterocycles. The number of nitrogens with zero attached hydrogens (tertiary/aromatic N) is 1. The van der Waals surface area contributed by atoms with Crippen LogP contribution in [0.2, 0.25) is 5.02 Å². The van der Waals surface area contributed by atoms with Crippen LogP contribution in [0.3, 0.4) is 0 Å². The summed E-state index contributed by atoms with van der Waals surface area (Å²) in [4.78, 5) is 2.25. The fourth-order valence-corrected chi connectivity index (χ4v) is 1.89. The molecule has 0 bridgehead atoms. The van der Waals surface area contributed by atoms with Crippen molar-refractivity contribution in [2.24, 2.45) is 5.73 Å². The molecule has 1 aromatic rings. The molecule has 1 aromatic carbocycles. The topological polar surface area (TPSA) is 62.3 Å². The quantitative estimate of drug-likeness (QED) is 0.589. The lowest BCUT2D eigenvalue weighted by Crippen LogP contribution is -2.26. The van der Waals surface area contributed by atoms with Gasteiger partial charge in [0.1, 0.15) is 5.84 Å². The van der Waals surface area contributed by atoms with Gasteiger partial charge in [-0.25, -0.2) is 0 Å². The molecule has 0 atom stereocenters. The lowest BCUT2D eigenvalue weighted by Gasteiger charge is -2.20. The largest absolute Gasteiger partial charge is 0.384 e. The number of amidine groups is 1. The molecule has 0 aliphatic rings. The van der Waals surface area contributed by atoms with Gasteiger partial charge < -0.3 is 10.5 Å². The Morgan fingerprint density at radius 2 is 2.22 bits per heavy atom. The van der Waals surface area contributed by atoms with Crippen molar-refractivity contribution in [3.8, 4) is 0 Å². The number of nitrogen functional groups attached to an aromatic ring is 1. The van der Waals surface area contributed by atoms with Crippen LogP contribution in [0.4, 0.5) is 0 Å². The lowest BCUT2D eigenvalue weighted by molar-refractivity contribution is 0.147. The van der Waals surface area contributed by atoms with E-state index in [9.17, 15) is 0 Å². The Morgan fingerprint density at radius 1 is 1.50 bits per heavy atom. The van der Waals surface area contributed by atoms with Crippen LogP contribution in [0, 0.1) is 5.41 Å². The first-order valence-corrected chi connectivity index (χ1v) is 6.30. The van der Waals surface area contributed by atoms with Crippen LogP contribution < -0.4 is 5.73 Å². The van der Waals surface area contributed by atoms with Gasteiger partial charge in [-0.15, -0.1) is 0 Å². The molecule has 0 aromatic heterocycles. The summed E-state index contributed by atoms with van der Waals surface area (Å²) in [5, 5.41) is 8.01. The van der Waals surface area contributed by atoms with Gasteiger partial charge in [-0.2, -0.15) is 0 Å². The van der Waals surface area contributed by atoms with Crippen LogP contribution in [-0.2, 0) is 11.3 Å². The minimum Gasteiger partial charge on any atom is -0.384 e. The highest BCUT2D eigenvalue weighted by atomic mass is 35.5. The molecule has 0 amide bonds. The summed E-state index contributed by atoms with van der Waals surface area (Å²) in [6, 6.07) is 5.49. The Labute approximate surface area is 113 Å². The van der Waals surface area contributed by atoms with Crippen molar-refractivity contribution in [3.05, 3.63) is 34.3 Å². The van der Waals surface area contributed by atoms with Crippen LogP contribution in [0.15, 0.2) is 18.2 Å². The molecule has 0 fully saturated rings. The van der Waals surface area contributed by atoms with Crippen molar-refractivity contribution in [1.82, 2.24) is 4.90 Å². The van der Waals surface area contributed by atoms with E-state index >= 15 is 0 Å². The molecular weight excluding hydrogens is 250 g/mol. The summed E-state index contributed by atoms with van der Waals surface area (Å²) in [5.41, 5.74) is 7.12. The monoisotopic (exact) mass is 269 g/mol. The van der Waals surface area contributed by atoms with E-state index in [1.807, 2.05) is 12.1 Å². The van der Waals surface area contributed by atoms with Gasteiger partial charge in [0.05, 0.1) is 6.61 Å². The van der Waals surface area contributed by atoms with Gasteiger partial charge in [-0.05, 0) is 18.2 Å². The molecule has 0 heterocycles. The van der Waals surface area contributed by atoms with Crippen molar-refractivity contribution in [3.63, 3.8) is 0 Å². The second kappa shape index (κ2) is 7.36. The standard InChI is InChI=1S/C13H20ClN3O/c1-3-17(6-7-18-2)9-11-5-4-10(13(15)16)8-12(11)14/h4-5,8H,3,6-7,9H2,1-2H3,(H3,15,16). The lowest BCUT2D eigenvalue weighted by atomic mass is 10.1. The highest BCUT2D eigenvalue weighted by Crippen LogP contribution is 2.19. The summed E-state index contributed by atoms with van der Waals surface area (Å²) in [5.74, 6) is 0.0372. The SMILES string of the molecule is CCN(CCOC)Cc1ccc(C(=N)N)cc1Cl. The molecule has 0 aliphatic heterocycles.